The van der Waals surface area contributed by atoms with E-state index in [0.29, 0.717) is 27.6 Å². The Kier molecular flexibility index (Phi) is 4.89. The molecule has 0 fully saturated rings. The van der Waals surface area contributed by atoms with Gasteiger partial charge in [0.1, 0.15) is 10.1 Å². The molecule has 0 aromatic carbocycles. The van der Waals surface area contributed by atoms with E-state index in [9.17, 15) is 13.2 Å². The third-order valence-corrected chi connectivity index (χ3v) is 3.66. The number of anilines is 1. The van der Waals surface area contributed by atoms with Crippen LogP contribution in [0.2, 0.25) is 5.02 Å². The van der Waals surface area contributed by atoms with Crippen LogP contribution >= 0.6 is 23.4 Å². The van der Waals surface area contributed by atoms with Crippen LogP contribution in [0.5, 0.6) is 0 Å². The zero-order chi connectivity index (χ0) is 15.5. The van der Waals surface area contributed by atoms with Crippen molar-refractivity contribution in [1.29, 1.82) is 0 Å². The van der Waals surface area contributed by atoms with E-state index in [0.717, 1.165) is 24.0 Å². The molecule has 21 heavy (non-hydrogen) atoms. The summed E-state index contributed by atoms with van der Waals surface area (Å²) in [7, 11) is 0. The molecule has 0 unspecified atom stereocenters. The molecule has 9 heteroatoms. The van der Waals surface area contributed by atoms with Gasteiger partial charge in [-0.05, 0) is 30.8 Å². The predicted molar refractivity (Wildman–Crippen MR) is 74.6 cm³/mol. The van der Waals surface area contributed by atoms with E-state index in [2.05, 4.69) is 20.3 Å². The Morgan fingerprint density at radius 3 is 2.57 bits per heavy atom. The third-order valence-electron chi connectivity index (χ3n) is 2.31. The van der Waals surface area contributed by atoms with Gasteiger partial charge in [-0.3, -0.25) is 0 Å². The number of nitrogens with zero attached hydrogens (tertiary/aromatic N) is 3. The van der Waals surface area contributed by atoms with Gasteiger partial charge in [-0.15, -0.1) is 0 Å². The van der Waals surface area contributed by atoms with Crippen molar-refractivity contribution in [2.75, 3.05) is 11.9 Å². The highest BCUT2D eigenvalue weighted by molar-refractivity contribution is 7.99. The van der Waals surface area contributed by atoms with Crippen LogP contribution in [0.25, 0.3) is 0 Å². The van der Waals surface area contributed by atoms with E-state index in [4.69, 9.17) is 11.6 Å². The van der Waals surface area contributed by atoms with Crippen molar-refractivity contribution in [3.05, 3.63) is 35.1 Å². The molecular weight excluding hydrogens is 325 g/mol. The highest BCUT2D eigenvalue weighted by Gasteiger charge is 2.30. The van der Waals surface area contributed by atoms with E-state index < -0.39 is 11.7 Å². The first kappa shape index (κ1) is 15.8. The number of hydrogen-bond acceptors (Lipinski definition) is 5. The molecule has 0 bridgehead atoms. The van der Waals surface area contributed by atoms with Gasteiger partial charge in [0.2, 0.25) is 5.95 Å². The minimum absolute atomic E-state index is 0.309. The summed E-state index contributed by atoms with van der Waals surface area (Å²) in [4.78, 5) is 11.9. The fourth-order valence-corrected chi connectivity index (χ4v) is 2.30. The van der Waals surface area contributed by atoms with Crippen molar-refractivity contribution in [2.24, 2.45) is 0 Å². The molecule has 0 atom stereocenters. The molecule has 0 aliphatic heterocycles. The molecule has 0 radical (unpaired) electrons. The molecule has 0 amide bonds. The Balaban J connectivity index is 2.20. The molecule has 2 heterocycles. The molecule has 0 saturated carbocycles. The molecule has 4 nitrogen and oxygen atoms in total. The highest BCUT2D eigenvalue weighted by Crippen LogP contribution is 2.33. The van der Waals surface area contributed by atoms with Crippen LogP contribution in [0.4, 0.5) is 19.1 Å². The number of rotatable bonds is 4. The lowest BCUT2D eigenvalue weighted by molar-refractivity contribution is -0.137. The van der Waals surface area contributed by atoms with Gasteiger partial charge in [-0.2, -0.15) is 13.2 Å². The largest absolute Gasteiger partial charge is 0.417 e. The zero-order valence-corrected chi connectivity index (χ0v) is 12.4. The Morgan fingerprint density at radius 2 is 2.00 bits per heavy atom. The van der Waals surface area contributed by atoms with Crippen LogP contribution in [0, 0.1) is 0 Å². The standard InChI is InChI=1S/C12H10ClF3N4S/c1-2-17-11-19-6-8(13)10(20-11)21-9-4-3-7(5-18-9)12(14,15)16/h3-6H,2H2,1H3,(H,17,19,20). The molecule has 2 rings (SSSR count). The summed E-state index contributed by atoms with van der Waals surface area (Å²) in [5, 5.41) is 4.03. The SMILES string of the molecule is CCNc1ncc(Cl)c(Sc2ccc(C(F)(F)F)cn2)n1. The van der Waals surface area contributed by atoms with Crippen LogP contribution in [-0.2, 0) is 6.18 Å². The number of aromatic nitrogens is 3. The van der Waals surface area contributed by atoms with Gasteiger partial charge in [0.15, 0.2) is 0 Å². The van der Waals surface area contributed by atoms with E-state index in [1.165, 1.54) is 12.3 Å². The first-order valence-corrected chi connectivity index (χ1v) is 7.07. The number of alkyl halides is 3. The van der Waals surface area contributed by atoms with Gasteiger partial charge in [-0.1, -0.05) is 11.6 Å². The average molecular weight is 335 g/mol. The summed E-state index contributed by atoms with van der Waals surface area (Å²) in [6.45, 7) is 2.53. The molecule has 2 aromatic heterocycles. The van der Waals surface area contributed by atoms with E-state index in [1.54, 1.807) is 0 Å². The Hall–Kier alpha value is -1.54. The van der Waals surface area contributed by atoms with Crippen LogP contribution in [0.15, 0.2) is 34.6 Å². The number of halogens is 4. The zero-order valence-electron chi connectivity index (χ0n) is 10.8. The summed E-state index contributed by atoms with van der Waals surface area (Å²) >= 11 is 7.04. The van der Waals surface area contributed by atoms with Gasteiger partial charge in [0.05, 0.1) is 16.8 Å². The van der Waals surface area contributed by atoms with E-state index >= 15 is 0 Å². The maximum atomic E-state index is 12.5. The van der Waals surface area contributed by atoms with Gasteiger partial charge >= 0.3 is 6.18 Å². The fraction of sp³-hybridized carbons (Fsp3) is 0.250. The molecule has 2 aromatic rings. The molecule has 1 N–H and O–H groups in total. The minimum atomic E-state index is -4.40. The van der Waals surface area contributed by atoms with Crippen LogP contribution in [0.3, 0.4) is 0 Å². The van der Waals surface area contributed by atoms with Crippen molar-refractivity contribution in [1.82, 2.24) is 15.0 Å². The first-order valence-electron chi connectivity index (χ1n) is 5.87. The fourth-order valence-electron chi connectivity index (χ4n) is 1.37. The first-order chi connectivity index (χ1) is 9.90. The van der Waals surface area contributed by atoms with Crippen molar-refractivity contribution >= 4 is 29.3 Å². The normalized spacial score (nSPS) is 11.5. The smallest absolute Gasteiger partial charge is 0.354 e. The van der Waals surface area contributed by atoms with Crippen molar-refractivity contribution in [3.8, 4) is 0 Å². The van der Waals surface area contributed by atoms with Gasteiger partial charge in [0.25, 0.3) is 0 Å². The average Bonchev–Trinajstić information content (AvgIpc) is 2.42. The van der Waals surface area contributed by atoms with Crippen molar-refractivity contribution < 1.29 is 13.2 Å². The number of hydrogen-bond donors (Lipinski definition) is 1. The molecule has 0 aliphatic rings. The van der Waals surface area contributed by atoms with Crippen LogP contribution in [-0.4, -0.2) is 21.5 Å². The van der Waals surface area contributed by atoms with E-state index in [-0.39, 0.29) is 0 Å². The summed E-state index contributed by atoms with van der Waals surface area (Å²) in [5.41, 5.74) is -0.797. The maximum Gasteiger partial charge on any atom is 0.417 e. The predicted octanol–water partition coefficient (Wildman–Crippen LogP) is 4.13. The van der Waals surface area contributed by atoms with Crippen LogP contribution in [0.1, 0.15) is 12.5 Å². The number of nitrogens with one attached hydrogen (secondary N) is 1. The quantitative estimate of drug-likeness (QED) is 0.852. The molecule has 0 aliphatic carbocycles. The van der Waals surface area contributed by atoms with Crippen LogP contribution < -0.4 is 5.32 Å². The summed E-state index contributed by atoms with van der Waals surface area (Å²) in [5.74, 6) is 0.399. The van der Waals surface area contributed by atoms with Gasteiger partial charge in [-0.25, -0.2) is 15.0 Å². The lowest BCUT2D eigenvalue weighted by atomic mass is 10.3. The molecule has 0 saturated heterocycles. The lowest BCUT2D eigenvalue weighted by Crippen LogP contribution is -2.05. The Bertz CT molecular complexity index is 619. The summed E-state index contributed by atoms with van der Waals surface area (Å²) in [6, 6.07) is 2.24. The minimum Gasteiger partial charge on any atom is -0.354 e. The van der Waals surface area contributed by atoms with Gasteiger partial charge in [0, 0.05) is 12.7 Å². The van der Waals surface area contributed by atoms with Crippen molar-refractivity contribution in [2.45, 2.75) is 23.2 Å². The second kappa shape index (κ2) is 6.48. The summed E-state index contributed by atoms with van der Waals surface area (Å²) < 4.78 is 37.4. The molecule has 112 valence electrons. The molecular formula is C12H10ClF3N4S. The lowest BCUT2D eigenvalue weighted by Gasteiger charge is -2.08. The summed E-state index contributed by atoms with van der Waals surface area (Å²) in [6.07, 6.45) is -2.19. The topological polar surface area (TPSA) is 50.7 Å². The maximum absolute atomic E-state index is 12.5. The highest BCUT2D eigenvalue weighted by atomic mass is 35.5. The van der Waals surface area contributed by atoms with Crippen molar-refractivity contribution in [3.63, 3.8) is 0 Å². The second-order valence-electron chi connectivity index (χ2n) is 3.86. The van der Waals surface area contributed by atoms with Gasteiger partial charge < -0.3 is 5.32 Å². The van der Waals surface area contributed by atoms with E-state index in [1.807, 2.05) is 6.92 Å². The third kappa shape index (κ3) is 4.21. The number of pyridine rings is 1. The Labute approximate surface area is 128 Å². The monoisotopic (exact) mass is 334 g/mol. The molecule has 0 spiro atoms. The Morgan fingerprint density at radius 1 is 1.24 bits per heavy atom. The second-order valence-corrected chi connectivity index (χ2v) is 5.28.